The van der Waals surface area contributed by atoms with Crippen molar-refractivity contribution in [1.82, 2.24) is 9.55 Å². The summed E-state index contributed by atoms with van der Waals surface area (Å²) in [4.78, 5) is 17.5. The number of nitrogens with one attached hydrogen (secondary N) is 1. The van der Waals surface area contributed by atoms with Crippen LogP contribution in [0.4, 0.5) is 10.1 Å². The monoisotopic (exact) mass is 496 g/mol. The Hall–Kier alpha value is -2.01. The molecular formula is C22H26ClFN4O4S. The summed E-state index contributed by atoms with van der Waals surface area (Å²) in [6, 6.07) is 3.98. The molecule has 0 radical (unpaired) electrons. The van der Waals surface area contributed by atoms with Crippen LogP contribution in [0.25, 0.3) is 0 Å². The highest BCUT2D eigenvalue weighted by Gasteiger charge is 2.69. The summed E-state index contributed by atoms with van der Waals surface area (Å²) >= 11 is 5.82. The lowest BCUT2D eigenvalue weighted by molar-refractivity contribution is 0.0254. The number of carbonyl (C=O) groups excluding carboxylic acids is 1. The largest absolute Gasteiger partial charge is 0.388 e. The van der Waals surface area contributed by atoms with E-state index < -0.39 is 26.2 Å². The maximum absolute atomic E-state index is 13.4. The highest BCUT2D eigenvalue weighted by molar-refractivity contribution is 7.91. The minimum atomic E-state index is -3.83. The summed E-state index contributed by atoms with van der Waals surface area (Å²) in [5.74, 6) is -0.620. The van der Waals surface area contributed by atoms with E-state index in [4.69, 9.17) is 16.7 Å². The minimum absolute atomic E-state index is 0.0212. The van der Waals surface area contributed by atoms with Crippen LogP contribution in [0, 0.1) is 17.7 Å². The predicted octanol–water partition coefficient (Wildman–Crippen LogP) is 2.92. The highest BCUT2D eigenvalue weighted by Crippen LogP contribution is 2.63. The van der Waals surface area contributed by atoms with Crippen LogP contribution < -0.4 is 10.5 Å². The normalized spacial score (nSPS) is 30.3. The molecule has 2 unspecified atom stereocenters. The minimum Gasteiger partial charge on any atom is -0.388 e. The van der Waals surface area contributed by atoms with Gasteiger partial charge in [-0.3, -0.25) is 4.79 Å². The fourth-order valence-electron chi connectivity index (χ4n) is 6.17. The molecule has 0 saturated heterocycles. The molecule has 178 valence electrons. The third-order valence-electron chi connectivity index (χ3n) is 7.88. The number of hydrogen-bond acceptors (Lipinski definition) is 5. The van der Waals surface area contributed by atoms with Crippen molar-refractivity contribution >= 4 is 33.2 Å². The van der Waals surface area contributed by atoms with E-state index in [2.05, 4.69) is 10.3 Å². The Labute approximate surface area is 196 Å². The molecule has 1 amide bonds. The van der Waals surface area contributed by atoms with Crippen molar-refractivity contribution in [3.05, 3.63) is 46.8 Å². The number of aryl methyl sites for hydroxylation is 1. The molecule has 0 bridgehead atoms. The zero-order chi connectivity index (χ0) is 23.8. The van der Waals surface area contributed by atoms with Crippen molar-refractivity contribution in [3.63, 3.8) is 0 Å². The molecular weight excluding hydrogens is 471 g/mol. The molecule has 3 fully saturated rings. The Bertz CT molecular complexity index is 1230. The van der Waals surface area contributed by atoms with E-state index in [-0.39, 0.29) is 28.7 Å². The van der Waals surface area contributed by atoms with Gasteiger partial charge in [0.1, 0.15) is 16.3 Å². The summed E-state index contributed by atoms with van der Waals surface area (Å²) in [7, 11) is -2.09. The van der Waals surface area contributed by atoms with Crippen LogP contribution in [0.1, 0.15) is 60.6 Å². The molecule has 1 aromatic carbocycles. The Morgan fingerprint density at radius 1 is 1.30 bits per heavy atom. The molecule has 5 rings (SSSR count). The van der Waals surface area contributed by atoms with Crippen molar-refractivity contribution in [2.45, 2.75) is 54.8 Å². The molecule has 11 heteroatoms. The number of aromatic nitrogens is 2. The van der Waals surface area contributed by atoms with Gasteiger partial charge in [0.05, 0.1) is 22.6 Å². The number of rotatable bonds is 5. The molecule has 1 heterocycles. The van der Waals surface area contributed by atoms with Crippen molar-refractivity contribution in [2.24, 2.45) is 24.0 Å². The smallest absolute Gasteiger partial charge is 0.274 e. The van der Waals surface area contributed by atoms with Gasteiger partial charge in [-0.05, 0) is 68.6 Å². The van der Waals surface area contributed by atoms with Gasteiger partial charge in [-0.15, -0.1) is 0 Å². The lowest BCUT2D eigenvalue weighted by atomic mass is 9.88. The first-order chi connectivity index (χ1) is 15.4. The number of amides is 1. The van der Waals surface area contributed by atoms with Gasteiger partial charge < -0.3 is 15.0 Å². The first-order valence-electron chi connectivity index (χ1n) is 11.0. The Morgan fingerprint density at radius 2 is 1.94 bits per heavy atom. The molecule has 3 saturated carbocycles. The van der Waals surface area contributed by atoms with Gasteiger partial charge in [0, 0.05) is 18.7 Å². The van der Waals surface area contributed by atoms with Crippen molar-refractivity contribution in [3.8, 4) is 0 Å². The van der Waals surface area contributed by atoms with Crippen molar-refractivity contribution in [2.75, 3.05) is 5.32 Å². The molecule has 33 heavy (non-hydrogen) atoms. The first kappa shape index (κ1) is 22.8. The van der Waals surface area contributed by atoms with Crippen LogP contribution in [0.5, 0.6) is 0 Å². The SMILES string of the molecule is Cn1cnc(C2CC3CC(O)(C4(S(N)(=O)=O)CC4)CC3C2)c1C(=O)Nc1ccc(F)c(Cl)c1. The van der Waals surface area contributed by atoms with E-state index in [1.807, 2.05) is 0 Å². The number of halogens is 2. The third kappa shape index (κ3) is 3.58. The molecule has 4 N–H and O–H groups in total. The van der Waals surface area contributed by atoms with Gasteiger partial charge in [-0.1, -0.05) is 11.6 Å². The van der Waals surface area contributed by atoms with E-state index in [1.54, 1.807) is 17.9 Å². The topological polar surface area (TPSA) is 127 Å². The predicted molar refractivity (Wildman–Crippen MR) is 121 cm³/mol. The average molecular weight is 497 g/mol. The van der Waals surface area contributed by atoms with E-state index in [9.17, 15) is 22.7 Å². The van der Waals surface area contributed by atoms with Crippen LogP contribution >= 0.6 is 11.6 Å². The van der Waals surface area contributed by atoms with Gasteiger partial charge in [0.15, 0.2) is 0 Å². The van der Waals surface area contributed by atoms with Crippen LogP contribution in [-0.2, 0) is 17.1 Å². The lowest BCUT2D eigenvalue weighted by Gasteiger charge is -2.32. The Kier molecular flexibility index (Phi) is 5.17. The molecule has 0 aliphatic heterocycles. The number of imidazole rings is 1. The number of nitrogens with two attached hydrogens (primary N) is 1. The van der Waals surface area contributed by atoms with Crippen LogP contribution in [0.2, 0.25) is 5.02 Å². The summed E-state index contributed by atoms with van der Waals surface area (Å²) < 4.78 is 38.2. The summed E-state index contributed by atoms with van der Waals surface area (Å²) in [6.45, 7) is 0. The Balaban J connectivity index is 1.33. The van der Waals surface area contributed by atoms with Crippen LogP contribution in [0.3, 0.4) is 0 Å². The Morgan fingerprint density at radius 3 is 2.48 bits per heavy atom. The average Bonchev–Trinajstić information content (AvgIpc) is 3.24. The standard InChI is InChI=1S/C22H26ClFN4O4S/c1-28-11-26-18(19(28)20(29)27-15-2-3-17(24)16(23)8-15)12-6-13-9-21(30,10-14(13)7-12)22(4-5-22)33(25,31)32/h2-3,8,11-14,30H,4-7,9-10H2,1H3,(H,27,29)(H2,25,31,32). The quantitative estimate of drug-likeness (QED) is 0.586. The second-order valence-electron chi connectivity index (χ2n) is 9.84. The van der Waals surface area contributed by atoms with Crippen molar-refractivity contribution < 1.29 is 22.7 Å². The number of primary sulfonamides is 1. The number of aliphatic hydroxyl groups is 1. The molecule has 8 nitrogen and oxygen atoms in total. The number of nitrogens with zero attached hydrogens (tertiary/aromatic N) is 2. The molecule has 2 atom stereocenters. The summed E-state index contributed by atoms with van der Waals surface area (Å²) in [5, 5.41) is 19.4. The fourth-order valence-corrected chi connectivity index (χ4v) is 7.72. The number of anilines is 1. The maximum atomic E-state index is 13.4. The van der Waals surface area contributed by atoms with E-state index in [0.717, 1.165) is 0 Å². The number of benzene rings is 1. The van der Waals surface area contributed by atoms with E-state index >= 15 is 0 Å². The molecule has 1 aromatic heterocycles. The second kappa shape index (κ2) is 7.49. The van der Waals surface area contributed by atoms with Crippen LogP contribution in [-0.4, -0.2) is 39.3 Å². The van der Waals surface area contributed by atoms with Gasteiger partial charge >= 0.3 is 0 Å². The number of hydrogen-bond donors (Lipinski definition) is 3. The van der Waals surface area contributed by atoms with Crippen LogP contribution in [0.15, 0.2) is 24.5 Å². The molecule has 3 aliphatic carbocycles. The van der Waals surface area contributed by atoms with Gasteiger partial charge in [-0.25, -0.2) is 22.9 Å². The van der Waals surface area contributed by atoms with Gasteiger partial charge in [0.25, 0.3) is 5.91 Å². The first-order valence-corrected chi connectivity index (χ1v) is 12.9. The van der Waals surface area contributed by atoms with Crippen molar-refractivity contribution in [1.29, 1.82) is 0 Å². The fraction of sp³-hybridized carbons (Fsp3) is 0.545. The second-order valence-corrected chi connectivity index (χ2v) is 12.1. The number of carbonyl (C=O) groups is 1. The zero-order valence-corrected chi connectivity index (χ0v) is 19.7. The lowest BCUT2D eigenvalue weighted by Crippen LogP contribution is -2.50. The number of fused-ring (bicyclic) bond motifs is 1. The third-order valence-corrected chi connectivity index (χ3v) is 10.0. The maximum Gasteiger partial charge on any atom is 0.274 e. The van der Waals surface area contributed by atoms with Gasteiger partial charge in [0.2, 0.25) is 10.0 Å². The summed E-state index contributed by atoms with van der Waals surface area (Å²) in [6.07, 6.45) is 4.62. The molecule has 0 spiro atoms. The zero-order valence-electron chi connectivity index (χ0n) is 18.1. The van der Waals surface area contributed by atoms with Gasteiger partial charge in [-0.2, -0.15) is 0 Å². The van der Waals surface area contributed by atoms with E-state index in [1.165, 1.54) is 18.2 Å². The number of sulfonamides is 1. The summed E-state index contributed by atoms with van der Waals surface area (Å²) in [5.41, 5.74) is 0.185. The highest BCUT2D eigenvalue weighted by atomic mass is 35.5. The molecule has 3 aliphatic rings. The van der Waals surface area contributed by atoms with E-state index in [0.29, 0.717) is 55.6 Å². The molecule has 2 aromatic rings.